The number of rotatable bonds is 3. The molecule has 2 saturated carbocycles. The summed E-state index contributed by atoms with van der Waals surface area (Å²) in [6.07, 6.45) is 11.3. The van der Waals surface area contributed by atoms with Crippen LogP contribution in [0.5, 0.6) is 0 Å². The molecule has 3 unspecified atom stereocenters. The molecule has 3 heteroatoms. The molecular weight excluding hydrogens is 280 g/mol. The Bertz CT molecular complexity index is 257. The van der Waals surface area contributed by atoms with Crippen LogP contribution in [0, 0.1) is 5.41 Å². The normalized spacial score (nSPS) is 40.4. The van der Waals surface area contributed by atoms with E-state index in [2.05, 4.69) is 15.9 Å². The van der Waals surface area contributed by atoms with Gasteiger partial charge in [-0.05, 0) is 38.5 Å². The summed E-state index contributed by atoms with van der Waals surface area (Å²) < 4.78 is 11.9. The summed E-state index contributed by atoms with van der Waals surface area (Å²) in [5.41, 5.74) is 0.481. The summed E-state index contributed by atoms with van der Waals surface area (Å²) in [4.78, 5) is 0.703. The highest BCUT2D eigenvalue weighted by molar-refractivity contribution is 9.09. The van der Waals surface area contributed by atoms with Gasteiger partial charge in [0.25, 0.3) is 0 Å². The molecule has 0 aromatic heterocycles. The van der Waals surface area contributed by atoms with Crippen LogP contribution in [0.3, 0.4) is 0 Å². The molecule has 2 aliphatic carbocycles. The van der Waals surface area contributed by atoms with Gasteiger partial charge in [0.15, 0.2) is 0 Å². The molecule has 17 heavy (non-hydrogen) atoms. The molecule has 0 aromatic rings. The van der Waals surface area contributed by atoms with Crippen molar-refractivity contribution in [3.05, 3.63) is 0 Å². The summed E-state index contributed by atoms with van der Waals surface area (Å²) >= 11 is 3.84. The number of hydrogen-bond donors (Lipinski definition) is 0. The molecule has 3 fully saturated rings. The van der Waals surface area contributed by atoms with Crippen molar-refractivity contribution in [2.75, 3.05) is 13.2 Å². The third-order valence-electron chi connectivity index (χ3n) is 4.98. The second kappa shape index (κ2) is 5.18. The van der Waals surface area contributed by atoms with Gasteiger partial charge in [-0.3, -0.25) is 0 Å². The first-order valence-electron chi connectivity index (χ1n) is 7.18. The van der Waals surface area contributed by atoms with E-state index >= 15 is 0 Å². The van der Waals surface area contributed by atoms with Crippen molar-refractivity contribution in [2.45, 2.75) is 68.4 Å². The van der Waals surface area contributed by atoms with E-state index in [1.54, 1.807) is 0 Å². The highest BCUT2D eigenvalue weighted by Gasteiger charge is 2.55. The molecule has 3 atom stereocenters. The molecule has 0 bridgehead atoms. The van der Waals surface area contributed by atoms with E-state index < -0.39 is 0 Å². The van der Waals surface area contributed by atoms with E-state index in [1.165, 1.54) is 51.4 Å². The first-order chi connectivity index (χ1) is 8.31. The average Bonchev–Trinajstić information content (AvgIpc) is 2.88. The fraction of sp³-hybridized carbons (Fsp3) is 1.00. The lowest BCUT2D eigenvalue weighted by Gasteiger charge is -2.51. The molecular formula is C14H23BrO2. The Kier molecular flexibility index (Phi) is 3.79. The predicted molar refractivity (Wildman–Crippen MR) is 71.6 cm³/mol. The maximum atomic E-state index is 6.17. The summed E-state index contributed by atoms with van der Waals surface area (Å²) in [6, 6.07) is 0. The minimum atomic E-state index is 0.372. The third-order valence-corrected chi connectivity index (χ3v) is 6.26. The molecule has 2 nitrogen and oxygen atoms in total. The topological polar surface area (TPSA) is 18.5 Å². The second-order valence-corrected chi connectivity index (χ2v) is 7.06. The quantitative estimate of drug-likeness (QED) is 0.741. The zero-order valence-corrected chi connectivity index (χ0v) is 12.1. The van der Waals surface area contributed by atoms with E-state index in [-0.39, 0.29) is 0 Å². The summed E-state index contributed by atoms with van der Waals surface area (Å²) in [5.74, 6) is 0. The monoisotopic (exact) mass is 302 g/mol. The SMILES string of the molecule is BrC1CC(OCC2CCCCO2)C12CCCC2. The van der Waals surface area contributed by atoms with E-state index in [0.29, 0.717) is 22.5 Å². The fourth-order valence-electron chi connectivity index (χ4n) is 3.76. The molecule has 0 N–H and O–H groups in total. The van der Waals surface area contributed by atoms with Crippen molar-refractivity contribution in [3.8, 4) is 0 Å². The lowest BCUT2D eigenvalue weighted by atomic mass is 9.64. The Morgan fingerprint density at radius 3 is 2.65 bits per heavy atom. The van der Waals surface area contributed by atoms with Crippen LogP contribution in [-0.4, -0.2) is 30.2 Å². The molecule has 1 spiro atoms. The Balaban J connectivity index is 1.49. The van der Waals surface area contributed by atoms with Crippen LogP contribution in [0.25, 0.3) is 0 Å². The largest absolute Gasteiger partial charge is 0.376 e. The van der Waals surface area contributed by atoms with Gasteiger partial charge in [-0.2, -0.15) is 0 Å². The van der Waals surface area contributed by atoms with Crippen LogP contribution in [-0.2, 0) is 9.47 Å². The molecule has 1 aliphatic heterocycles. The lowest BCUT2D eigenvalue weighted by Crippen LogP contribution is -2.54. The average molecular weight is 303 g/mol. The van der Waals surface area contributed by atoms with Crippen molar-refractivity contribution in [3.63, 3.8) is 0 Å². The van der Waals surface area contributed by atoms with Gasteiger partial charge in [0.2, 0.25) is 0 Å². The first-order valence-corrected chi connectivity index (χ1v) is 8.10. The smallest absolute Gasteiger partial charge is 0.0808 e. The van der Waals surface area contributed by atoms with Crippen molar-refractivity contribution in [1.29, 1.82) is 0 Å². The highest BCUT2D eigenvalue weighted by Crippen LogP contribution is 2.57. The number of hydrogen-bond acceptors (Lipinski definition) is 2. The van der Waals surface area contributed by atoms with Gasteiger partial charge in [0.05, 0.1) is 18.8 Å². The minimum Gasteiger partial charge on any atom is -0.376 e. The Morgan fingerprint density at radius 2 is 2.00 bits per heavy atom. The van der Waals surface area contributed by atoms with Gasteiger partial charge < -0.3 is 9.47 Å². The molecule has 3 aliphatic rings. The van der Waals surface area contributed by atoms with Crippen LogP contribution < -0.4 is 0 Å². The molecule has 3 rings (SSSR count). The van der Waals surface area contributed by atoms with Crippen LogP contribution in [0.15, 0.2) is 0 Å². The van der Waals surface area contributed by atoms with Crippen LogP contribution in [0.2, 0.25) is 0 Å². The standard InChI is InChI=1S/C14H23BrO2/c15-12-9-13(14(12)6-2-3-7-14)17-10-11-5-1-4-8-16-11/h11-13H,1-10H2. The van der Waals surface area contributed by atoms with Crippen LogP contribution >= 0.6 is 15.9 Å². The molecule has 98 valence electrons. The number of ether oxygens (including phenoxy) is 2. The summed E-state index contributed by atoms with van der Waals surface area (Å²) in [5, 5.41) is 0. The van der Waals surface area contributed by atoms with Crippen molar-refractivity contribution in [1.82, 2.24) is 0 Å². The molecule has 0 aromatic carbocycles. The molecule has 1 saturated heterocycles. The zero-order valence-electron chi connectivity index (χ0n) is 10.5. The minimum absolute atomic E-state index is 0.372. The third kappa shape index (κ3) is 2.31. The first kappa shape index (κ1) is 12.4. The van der Waals surface area contributed by atoms with Crippen LogP contribution in [0.1, 0.15) is 51.4 Å². The molecule has 1 heterocycles. The van der Waals surface area contributed by atoms with Crippen molar-refractivity contribution < 1.29 is 9.47 Å². The lowest BCUT2D eigenvalue weighted by molar-refractivity contribution is -0.135. The highest BCUT2D eigenvalue weighted by atomic mass is 79.9. The maximum Gasteiger partial charge on any atom is 0.0808 e. The molecule has 0 radical (unpaired) electrons. The van der Waals surface area contributed by atoms with E-state index in [1.807, 2.05) is 0 Å². The number of halogens is 1. The van der Waals surface area contributed by atoms with Gasteiger partial charge in [-0.15, -0.1) is 0 Å². The van der Waals surface area contributed by atoms with Gasteiger partial charge in [-0.25, -0.2) is 0 Å². The maximum absolute atomic E-state index is 6.17. The van der Waals surface area contributed by atoms with Gasteiger partial charge in [0, 0.05) is 16.8 Å². The van der Waals surface area contributed by atoms with Crippen molar-refractivity contribution >= 4 is 15.9 Å². The summed E-state index contributed by atoms with van der Waals surface area (Å²) in [7, 11) is 0. The Hall–Kier alpha value is 0.400. The zero-order chi connectivity index (χ0) is 11.7. The van der Waals surface area contributed by atoms with Gasteiger partial charge in [0.1, 0.15) is 0 Å². The predicted octanol–water partition coefficient (Wildman–Crippen LogP) is 3.67. The van der Waals surface area contributed by atoms with E-state index in [4.69, 9.17) is 9.47 Å². The number of alkyl halides is 1. The van der Waals surface area contributed by atoms with Crippen molar-refractivity contribution in [2.24, 2.45) is 5.41 Å². The Labute approximate surface area is 113 Å². The van der Waals surface area contributed by atoms with Gasteiger partial charge >= 0.3 is 0 Å². The second-order valence-electron chi connectivity index (χ2n) is 5.95. The van der Waals surface area contributed by atoms with E-state index in [9.17, 15) is 0 Å². The van der Waals surface area contributed by atoms with Crippen LogP contribution in [0.4, 0.5) is 0 Å². The van der Waals surface area contributed by atoms with E-state index in [0.717, 1.165) is 13.2 Å². The molecule has 0 amide bonds. The Morgan fingerprint density at radius 1 is 1.18 bits per heavy atom. The van der Waals surface area contributed by atoms with Gasteiger partial charge in [-0.1, -0.05) is 28.8 Å². The summed E-state index contributed by atoms with van der Waals surface area (Å²) in [6.45, 7) is 1.76. The fourth-order valence-corrected chi connectivity index (χ4v) is 4.86.